The molecule has 0 bridgehead atoms. The SMILES string of the molecule is COC(=O)c1cnc(N2CCN(C(=O)c3ccc(/C=C4\Oc5c(C(N)=O)cccc5C4=O)cc3)CC2)nc1. The van der Waals surface area contributed by atoms with E-state index >= 15 is 0 Å². The number of allylic oxidation sites excluding steroid dienone is 1. The minimum absolute atomic E-state index is 0.0748. The second kappa shape index (κ2) is 10.1. The zero-order valence-corrected chi connectivity index (χ0v) is 20.4. The van der Waals surface area contributed by atoms with E-state index in [1.807, 2.05) is 4.90 Å². The van der Waals surface area contributed by atoms with Gasteiger partial charge in [-0.25, -0.2) is 14.8 Å². The third-order valence-electron chi connectivity index (χ3n) is 6.33. The average Bonchev–Trinajstić information content (AvgIpc) is 3.27. The van der Waals surface area contributed by atoms with Crippen molar-refractivity contribution in [1.29, 1.82) is 0 Å². The van der Waals surface area contributed by atoms with Crippen molar-refractivity contribution in [1.82, 2.24) is 14.9 Å². The van der Waals surface area contributed by atoms with Gasteiger partial charge in [0.1, 0.15) is 0 Å². The molecule has 0 spiro atoms. The molecule has 0 aliphatic carbocycles. The number of methoxy groups -OCH3 is 1. The molecule has 2 aromatic carbocycles. The van der Waals surface area contributed by atoms with Crippen LogP contribution in [-0.4, -0.2) is 71.7 Å². The molecule has 0 unspecified atom stereocenters. The highest BCUT2D eigenvalue weighted by Gasteiger charge is 2.31. The molecule has 11 heteroatoms. The van der Waals surface area contributed by atoms with Crippen molar-refractivity contribution in [2.45, 2.75) is 0 Å². The summed E-state index contributed by atoms with van der Waals surface area (Å²) in [7, 11) is 1.30. The van der Waals surface area contributed by atoms with Crippen LogP contribution in [0.5, 0.6) is 5.75 Å². The fourth-order valence-corrected chi connectivity index (χ4v) is 4.28. The van der Waals surface area contributed by atoms with E-state index in [2.05, 4.69) is 14.7 Å². The molecule has 11 nitrogen and oxygen atoms in total. The number of fused-ring (bicyclic) bond motifs is 1. The lowest BCUT2D eigenvalue weighted by Gasteiger charge is -2.34. The summed E-state index contributed by atoms with van der Waals surface area (Å²) in [5.41, 5.74) is 7.25. The summed E-state index contributed by atoms with van der Waals surface area (Å²) in [6.45, 7) is 2.05. The van der Waals surface area contributed by atoms with E-state index in [4.69, 9.17) is 10.5 Å². The van der Waals surface area contributed by atoms with Crippen LogP contribution in [0.3, 0.4) is 0 Å². The number of aromatic nitrogens is 2. The van der Waals surface area contributed by atoms with Gasteiger partial charge in [-0.05, 0) is 35.9 Å². The molecule has 0 radical (unpaired) electrons. The highest BCUT2D eigenvalue weighted by Crippen LogP contribution is 2.35. The molecule has 2 aliphatic heterocycles. The molecule has 2 N–H and O–H groups in total. The lowest BCUT2D eigenvalue weighted by atomic mass is 10.0. The molecule has 1 fully saturated rings. The number of benzene rings is 2. The summed E-state index contributed by atoms with van der Waals surface area (Å²) in [5, 5.41) is 0. The van der Waals surface area contributed by atoms with Gasteiger partial charge in [-0.2, -0.15) is 0 Å². The summed E-state index contributed by atoms with van der Waals surface area (Å²) < 4.78 is 10.3. The second-order valence-corrected chi connectivity index (χ2v) is 8.65. The van der Waals surface area contributed by atoms with Crippen LogP contribution < -0.4 is 15.4 Å². The van der Waals surface area contributed by atoms with Crippen LogP contribution in [-0.2, 0) is 4.74 Å². The number of ether oxygens (including phenoxy) is 2. The number of carbonyl (C=O) groups excluding carboxylic acids is 4. The van der Waals surface area contributed by atoms with Crippen molar-refractivity contribution >= 4 is 35.6 Å². The van der Waals surface area contributed by atoms with E-state index in [0.29, 0.717) is 43.3 Å². The first-order chi connectivity index (χ1) is 18.4. The molecule has 1 aromatic heterocycles. The van der Waals surface area contributed by atoms with Gasteiger partial charge < -0.3 is 25.0 Å². The van der Waals surface area contributed by atoms with Crippen molar-refractivity contribution < 1.29 is 28.7 Å². The fraction of sp³-hybridized carbons (Fsp3) is 0.185. The molecule has 3 heterocycles. The molecule has 0 atom stereocenters. The lowest BCUT2D eigenvalue weighted by Crippen LogP contribution is -2.49. The summed E-state index contributed by atoms with van der Waals surface area (Å²) in [4.78, 5) is 61.1. The van der Waals surface area contributed by atoms with Crippen LogP contribution in [0.4, 0.5) is 5.95 Å². The van der Waals surface area contributed by atoms with E-state index in [9.17, 15) is 19.2 Å². The van der Waals surface area contributed by atoms with Crippen molar-refractivity contribution in [3.8, 4) is 5.75 Å². The van der Waals surface area contributed by atoms with Crippen LogP contribution in [0.1, 0.15) is 47.0 Å². The van der Waals surface area contributed by atoms with Gasteiger partial charge in [0.05, 0.1) is 23.8 Å². The van der Waals surface area contributed by atoms with E-state index in [1.54, 1.807) is 47.4 Å². The third kappa shape index (κ3) is 4.69. The van der Waals surface area contributed by atoms with Crippen molar-refractivity contribution in [2.24, 2.45) is 5.73 Å². The minimum Gasteiger partial charge on any atom is -0.465 e. The zero-order chi connectivity index (χ0) is 26.8. The van der Waals surface area contributed by atoms with Crippen molar-refractivity contribution in [3.05, 3.63) is 88.4 Å². The van der Waals surface area contributed by atoms with Gasteiger partial charge in [0.2, 0.25) is 11.7 Å². The lowest BCUT2D eigenvalue weighted by molar-refractivity contribution is 0.0599. The summed E-state index contributed by atoms with van der Waals surface area (Å²) in [6, 6.07) is 11.5. The molecule has 1 saturated heterocycles. The number of carbonyl (C=O) groups is 4. The van der Waals surface area contributed by atoms with Crippen LogP contribution in [0.15, 0.2) is 60.6 Å². The van der Waals surface area contributed by atoms with Gasteiger partial charge >= 0.3 is 5.97 Å². The van der Waals surface area contributed by atoms with Gasteiger partial charge in [-0.3, -0.25) is 14.4 Å². The first-order valence-corrected chi connectivity index (χ1v) is 11.8. The average molecular weight is 514 g/mol. The predicted molar refractivity (Wildman–Crippen MR) is 136 cm³/mol. The number of esters is 1. The number of amides is 2. The molecule has 38 heavy (non-hydrogen) atoms. The Kier molecular flexibility index (Phi) is 6.56. The maximum Gasteiger partial charge on any atom is 0.341 e. The molecule has 192 valence electrons. The van der Waals surface area contributed by atoms with Gasteiger partial charge in [-0.15, -0.1) is 0 Å². The normalized spacial score (nSPS) is 15.7. The van der Waals surface area contributed by atoms with Crippen LogP contribution in [0.25, 0.3) is 6.08 Å². The predicted octanol–water partition coefficient (Wildman–Crippen LogP) is 1.94. The number of ketones is 1. The van der Waals surface area contributed by atoms with Crippen LogP contribution >= 0.6 is 0 Å². The molecule has 3 aromatic rings. The first kappa shape index (κ1) is 24.6. The van der Waals surface area contributed by atoms with Crippen LogP contribution in [0.2, 0.25) is 0 Å². The monoisotopic (exact) mass is 513 g/mol. The summed E-state index contributed by atoms with van der Waals surface area (Å²) in [6.07, 6.45) is 4.40. The highest BCUT2D eigenvalue weighted by molar-refractivity contribution is 6.16. The Labute approximate surface area is 217 Å². The maximum atomic E-state index is 13.0. The van der Waals surface area contributed by atoms with Crippen LogP contribution in [0, 0.1) is 0 Å². The van der Waals surface area contributed by atoms with E-state index in [1.165, 1.54) is 25.6 Å². The quantitative estimate of drug-likeness (QED) is 0.400. The topological polar surface area (TPSA) is 145 Å². The van der Waals surface area contributed by atoms with Gasteiger partial charge in [0, 0.05) is 44.1 Å². The Bertz CT molecular complexity index is 1460. The Hall–Kier alpha value is -5.06. The Morgan fingerprint density at radius 3 is 2.29 bits per heavy atom. The number of nitrogens with zero attached hydrogens (tertiary/aromatic N) is 4. The fourth-order valence-electron chi connectivity index (χ4n) is 4.28. The molecule has 5 rings (SSSR count). The maximum absolute atomic E-state index is 13.0. The Morgan fingerprint density at radius 1 is 0.974 bits per heavy atom. The number of hydrogen-bond acceptors (Lipinski definition) is 9. The highest BCUT2D eigenvalue weighted by atomic mass is 16.5. The molecular formula is C27H23N5O6. The van der Waals surface area contributed by atoms with Gasteiger partial charge in [-0.1, -0.05) is 18.2 Å². The van der Waals surface area contributed by atoms with Gasteiger partial charge in [0.25, 0.3) is 11.8 Å². The number of piperazine rings is 1. The zero-order valence-electron chi connectivity index (χ0n) is 20.4. The number of rotatable bonds is 5. The number of primary amides is 1. The molecule has 0 saturated carbocycles. The summed E-state index contributed by atoms with van der Waals surface area (Å²) in [5.74, 6) is -0.918. The largest absolute Gasteiger partial charge is 0.465 e. The number of para-hydroxylation sites is 1. The van der Waals surface area contributed by atoms with Crippen molar-refractivity contribution in [2.75, 3.05) is 38.2 Å². The number of Topliss-reactive ketones (excluding diaryl/α,β-unsaturated/α-hetero) is 1. The van der Waals surface area contributed by atoms with E-state index in [-0.39, 0.29) is 39.9 Å². The number of hydrogen-bond donors (Lipinski definition) is 1. The van der Waals surface area contributed by atoms with Crippen molar-refractivity contribution in [3.63, 3.8) is 0 Å². The summed E-state index contributed by atoms with van der Waals surface area (Å²) >= 11 is 0. The smallest absolute Gasteiger partial charge is 0.341 e. The Morgan fingerprint density at radius 2 is 1.66 bits per heavy atom. The number of nitrogens with two attached hydrogens (primary N) is 1. The standard InChI is InChI=1S/C27H23N5O6/c1-37-26(36)18-14-29-27(30-15-18)32-11-9-31(10-12-32)25(35)17-7-5-16(6-8-17)13-21-22(33)19-3-2-4-20(24(28)34)23(19)38-21/h2-8,13-15H,9-12H2,1H3,(H2,28,34)/b21-13-. The first-order valence-electron chi connectivity index (χ1n) is 11.8. The second-order valence-electron chi connectivity index (χ2n) is 8.65. The molecular weight excluding hydrogens is 490 g/mol. The third-order valence-corrected chi connectivity index (χ3v) is 6.33. The Balaban J connectivity index is 1.22. The molecule has 2 amide bonds. The number of anilines is 1. The van der Waals surface area contributed by atoms with E-state index < -0.39 is 11.9 Å². The van der Waals surface area contributed by atoms with Gasteiger partial charge in [0.15, 0.2) is 11.5 Å². The molecule has 2 aliphatic rings. The minimum atomic E-state index is -0.677. The van der Waals surface area contributed by atoms with E-state index in [0.717, 1.165) is 0 Å².